The first-order chi connectivity index (χ1) is 13.6. The molecular weight excluding hydrogens is 365 g/mol. The smallest absolute Gasteiger partial charge is 0.227 e. The summed E-state index contributed by atoms with van der Waals surface area (Å²) in [7, 11) is 1.52. The first kappa shape index (κ1) is 19.4. The molecule has 2 aromatic rings. The van der Waals surface area contributed by atoms with Crippen LogP contribution in [0.1, 0.15) is 5.56 Å². The second kappa shape index (κ2) is 9.00. The van der Waals surface area contributed by atoms with Gasteiger partial charge in [0, 0.05) is 42.7 Å². The second-order valence-corrected chi connectivity index (χ2v) is 5.81. The Morgan fingerprint density at radius 1 is 1.32 bits per heavy atom. The van der Waals surface area contributed by atoms with Gasteiger partial charge < -0.3 is 25.5 Å². The Morgan fingerprint density at radius 3 is 2.75 bits per heavy atom. The number of halogens is 1. The molecule has 1 aliphatic rings. The van der Waals surface area contributed by atoms with Gasteiger partial charge in [-0.25, -0.2) is 19.4 Å². The fourth-order valence-corrected chi connectivity index (χ4v) is 2.54. The quantitative estimate of drug-likeness (QED) is 0.572. The number of morpholine rings is 1. The maximum atomic E-state index is 14.1. The van der Waals surface area contributed by atoms with Crippen LogP contribution < -0.4 is 15.4 Å². The van der Waals surface area contributed by atoms with Gasteiger partial charge in [-0.3, -0.25) is 0 Å². The number of nitrogens with two attached hydrogens (primary N) is 1. The molecule has 1 saturated heterocycles. The fourth-order valence-electron chi connectivity index (χ4n) is 2.54. The van der Waals surface area contributed by atoms with Crippen molar-refractivity contribution >= 4 is 29.4 Å². The van der Waals surface area contributed by atoms with Gasteiger partial charge in [-0.2, -0.15) is 4.98 Å². The van der Waals surface area contributed by atoms with E-state index in [2.05, 4.69) is 19.9 Å². The number of methoxy groups -OCH3 is 1. The number of aromatic nitrogens is 3. The third-order valence-electron chi connectivity index (χ3n) is 3.98. The molecule has 3 rings (SSSR count). The molecule has 0 amide bonds. The van der Waals surface area contributed by atoms with E-state index in [9.17, 15) is 4.39 Å². The molecule has 0 radical (unpaired) electrons. The standard InChI is InChI=1S/C18H20FN7O2/c1-27-16-3-2-12(10-22-16)13(9-20)8-15(21)24-17-14(19)11-23-18(25-17)26-4-6-28-7-5-26/h2-3,8-11,20H,4-7H2,1H3,(H2,21,23,24,25)/b13-8+,20-9?. The van der Waals surface area contributed by atoms with Crippen molar-refractivity contribution in [2.45, 2.75) is 0 Å². The highest BCUT2D eigenvalue weighted by atomic mass is 19.1. The van der Waals surface area contributed by atoms with E-state index in [1.165, 1.54) is 13.2 Å². The highest BCUT2D eigenvalue weighted by Gasteiger charge is 2.16. The fraction of sp³-hybridized carbons (Fsp3) is 0.278. The van der Waals surface area contributed by atoms with Gasteiger partial charge in [0.05, 0.1) is 26.5 Å². The molecule has 3 heterocycles. The van der Waals surface area contributed by atoms with E-state index < -0.39 is 5.82 Å². The normalized spacial score (nSPS) is 15.4. The minimum atomic E-state index is -0.684. The number of aliphatic imine (C=N–C) groups is 1. The number of nitrogens with one attached hydrogen (secondary N) is 1. The van der Waals surface area contributed by atoms with Gasteiger partial charge in [0.15, 0.2) is 11.6 Å². The highest BCUT2D eigenvalue weighted by molar-refractivity contribution is 6.15. The topological polar surface area (TPSA) is 123 Å². The summed E-state index contributed by atoms with van der Waals surface area (Å²) in [6, 6.07) is 3.40. The molecule has 146 valence electrons. The number of hydrogen-bond donors (Lipinski definition) is 2. The number of hydrogen-bond acceptors (Lipinski definition) is 8. The minimum Gasteiger partial charge on any atom is -0.481 e. The van der Waals surface area contributed by atoms with Crippen molar-refractivity contribution in [3.63, 3.8) is 0 Å². The van der Waals surface area contributed by atoms with E-state index in [1.54, 1.807) is 18.3 Å². The molecule has 0 unspecified atom stereocenters. The van der Waals surface area contributed by atoms with E-state index >= 15 is 0 Å². The second-order valence-electron chi connectivity index (χ2n) is 5.81. The summed E-state index contributed by atoms with van der Waals surface area (Å²) in [6.07, 6.45) is 5.18. The van der Waals surface area contributed by atoms with Gasteiger partial charge in [-0.05, 0) is 12.1 Å². The number of ether oxygens (including phenoxy) is 2. The molecule has 9 nitrogen and oxygen atoms in total. The van der Waals surface area contributed by atoms with Crippen LogP contribution in [0.25, 0.3) is 5.57 Å². The Labute approximate surface area is 161 Å². The number of anilines is 1. The summed E-state index contributed by atoms with van der Waals surface area (Å²) >= 11 is 0. The van der Waals surface area contributed by atoms with Crippen LogP contribution in [0.5, 0.6) is 5.88 Å². The number of allylic oxidation sites excluding steroid dienone is 1. The Kier molecular flexibility index (Phi) is 6.22. The molecule has 3 N–H and O–H groups in total. The summed E-state index contributed by atoms with van der Waals surface area (Å²) < 4.78 is 24.4. The first-order valence-corrected chi connectivity index (χ1v) is 8.52. The molecule has 1 aliphatic heterocycles. The number of pyridine rings is 1. The lowest BCUT2D eigenvalue weighted by Gasteiger charge is -2.26. The lowest BCUT2D eigenvalue weighted by Crippen LogP contribution is -2.37. The molecule has 1 fully saturated rings. The number of rotatable bonds is 6. The Balaban J connectivity index is 1.86. The number of nitrogens with zero attached hydrogens (tertiary/aromatic N) is 5. The summed E-state index contributed by atoms with van der Waals surface area (Å²) in [5.74, 6) is -0.0292. The highest BCUT2D eigenvalue weighted by Crippen LogP contribution is 2.19. The van der Waals surface area contributed by atoms with Crippen molar-refractivity contribution in [3.05, 3.63) is 42.0 Å². The van der Waals surface area contributed by atoms with E-state index in [4.69, 9.17) is 20.6 Å². The summed E-state index contributed by atoms with van der Waals surface area (Å²) in [5.41, 5.74) is 7.04. The summed E-state index contributed by atoms with van der Waals surface area (Å²) in [6.45, 7) is 2.35. The summed E-state index contributed by atoms with van der Waals surface area (Å²) in [5, 5.41) is 7.60. The van der Waals surface area contributed by atoms with Crippen LogP contribution in [0.2, 0.25) is 0 Å². The van der Waals surface area contributed by atoms with Crippen LogP contribution in [0.3, 0.4) is 0 Å². The van der Waals surface area contributed by atoms with Crippen molar-refractivity contribution in [2.75, 3.05) is 38.3 Å². The minimum absolute atomic E-state index is 0.000143. The lowest BCUT2D eigenvalue weighted by molar-refractivity contribution is 0.122. The van der Waals surface area contributed by atoms with Gasteiger partial charge in [0.1, 0.15) is 5.84 Å². The van der Waals surface area contributed by atoms with Crippen molar-refractivity contribution in [1.29, 1.82) is 5.41 Å². The third kappa shape index (κ3) is 4.65. The average molecular weight is 385 g/mol. The summed E-state index contributed by atoms with van der Waals surface area (Å²) in [4.78, 5) is 18.2. The van der Waals surface area contributed by atoms with Gasteiger partial charge in [0.25, 0.3) is 0 Å². The van der Waals surface area contributed by atoms with Crippen molar-refractivity contribution in [1.82, 2.24) is 15.0 Å². The van der Waals surface area contributed by atoms with Crippen LogP contribution in [0.15, 0.2) is 35.6 Å². The van der Waals surface area contributed by atoms with Gasteiger partial charge in [-0.15, -0.1) is 0 Å². The molecule has 28 heavy (non-hydrogen) atoms. The Bertz CT molecular complexity index is 893. The van der Waals surface area contributed by atoms with Gasteiger partial charge in [-0.1, -0.05) is 0 Å². The molecule has 0 aromatic carbocycles. The first-order valence-electron chi connectivity index (χ1n) is 8.52. The van der Waals surface area contributed by atoms with Crippen LogP contribution >= 0.6 is 0 Å². The maximum absolute atomic E-state index is 14.1. The van der Waals surface area contributed by atoms with Gasteiger partial charge >= 0.3 is 0 Å². The van der Waals surface area contributed by atoms with Crippen molar-refractivity contribution in [2.24, 2.45) is 10.7 Å². The molecule has 0 atom stereocenters. The predicted octanol–water partition coefficient (Wildman–Crippen LogP) is 1.58. The average Bonchev–Trinajstić information content (AvgIpc) is 2.74. The number of amidine groups is 1. The molecule has 0 saturated carbocycles. The van der Waals surface area contributed by atoms with E-state index in [1.807, 2.05) is 4.90 Å². The molecule has 0 spiro atoms. The molecule has 0 aliphatic carbocycles. The Morgan fingerprint density at radius 2 is 2.11 bits per heavy atom. The van der Waals surface area contributed by atoms with Crippen LogP contribution in [-0.2, 0) is 4.74 Å². The van der Waals surface area contributed by atoms with Crippen LogP contribution in [0, 0.1) is 11.2 Å². The SMILES string of the molecule is COc1ccc(/C(C=N)=C/C(N)=Nc2nc(N3CCOCC3)ncc2F)cn1. The maximum Gasteiger partial charge on any atom is 0.227 e. The van der Waals surface area contributed by atoms with E-state index in [0.717, 1.165) is 12.4 Å². The monoisotopic (exact) mass is 385 g/mol. The molecule has 2 aromatic heterocycles. The molecular formula is C18H20FN7O2. The zero-order valence-corrected chi connectivity index (χ0v) is 15.3. The van der Waals surface area contributed by atoms with Crippen molar-refractivity contribution in [3.8, 4) is 5.88 Å². The van der Waals surface area contributed by atoms with Crippen LogP contribution in [0.4, 0.5) is 16.2 Å². The third-order valence-corrected chi connectivity index (χ3v) is 3.98. The van der Waals surface area contributed by atoms with Crippen molar-refractivity contribution < 1.29 is 13.9 Å². The largest absolute Gasteiger partial charge is 0.481 e. The van der Waals surface area contributed by atoms with Gasteiger partial charge in [0.2, 0.25) is 11.8 Å². The Hall–Kier alpha value is -3.40. The van der Waals surface area contributed by atoms with E-state index in [-0.39, 0.29) is 11.7 Å². The zero-order chi connectivity index (χ0) is 19.9. The lowest BCUT2D eigenvalue weighted by atomic mass is 10.1. The van der Waals surface area contributed by atoms with Crippen LogP contribution in [-0.4, -0.2) is 60.4 Å². The predicted molar refractivity (Wildman–Crippen MR) is 104 cm³/mol. The molecule has 10 heteroatoms. The molecule has 0 bridgehead atoms. The zero-order valence-electron chi connectivity index (χ0n) is 15.3. The van der Waals surface area contributed by atoms with E-state index in [0.29, 0.717) is 49.3 Å².